The monoisotopic (exact) mass is 435 g/mol. The first-order valence-electron chi connectivity index (χ1n) is 9.32. The molecule has 1 aromatic carbocycles. The Morgan fingerprint density at radius 2 is 2.10 bits per heavy atom. The van der Waals surface area contributed by atoms with Crippen molar-refractivity contribution in [1.82, 2.24) is 9.78 Å². The molecule has 3 atom stereocenters. The molecule has 9 nitrogen and oxygen atoms in total. The van der Waals surface area contributed by atoms with E-state index in [4.69, 9.17) is 9.92 Å². The SMILES string of the molecule is CS(=O)(=O)OCC1CC[C@@H](n2cc(C(N)=O)c(Nc3ccc(F)cc3)n2)C(C#N)C1. The Morgan fingerprint density at radius 1 is 1.40 bits per heavy atom. The van der Waals surface area contributed by atoms with Gasteiger partial charge in [-0.05, 0) is 49.4 Å². The van der Waals surface area contributed by atoms with E-state index >= 15 is 0 Å². The maximum atomic E-state index is 13.1. The number of hydrogen-bond donors (Lipinski definition) is 2. The fourth-order valence-corrected chi connectivity index (χ4v) is 4.01. The lowest BCUT2D eigenvalue weighted by molar-refractivity contribution is 0.100. The number of carbonyl (C=O) groups is 1. The molecule has 2 unspecified atom stereocenters. The third-order valence-corrected chi connectivity index (χ3v) is 5.61. The summed E-state index contributed by atoms with van der Waals surface area (Å²) in [6.45, 7) is 0.0345. The van der Waals surface area contributed by atoms with Gasteiger partial charge < -0.3 is 11.1 Å². The van der Waals surface area contributed by atoms with Gasteiger partial charge in [0.15, 0.2) is 5.82 Å². The largest absolute Gasteiger partial charge is 0.365 e. The fraction of sp³-hybridized carbons (Fsp3) is 0.421. The van der Waals surface area contributed by atoms with E-state index in [0.29, 0.717) is 24.9 Å². The predicted octanol–water partition coefficient (Wildman–Crippen LogP) is 2.32. The quantitative estimate of drug-likeness (QED) is 0.636. The number of anilines is 2. The smallest absolute Gasteiger partial charge is 0.264 e. The van der Waals surface area contributed by atoms with Crippen LogP contribution in [-0.2, 0) is 14.3 Å². The summed E-state index contributed by atoms with van der Waals surface area (Å²) in [5, 5.41) is 17.0. The number of rotatable bonds is 7. The van der Waals surface area contributed by atoms with Crippen LogP contribution < -0.4 is 11.1 Å². The average Bonchev–Trinajstić information content (AvgIpc) is 3.11. The lowest BCUT2D eigenvalue weighted by atomic mass is 9.79. The summed E-state index contributed by atoms with van der Waals surface area (Å²) in [5.74, 6) is -1.37. The van der Waals surface area contributed by atoms with Crippen LogP contribution in [0.15, 0.2) is 30.5 Å². The Hall–Kier alpha value is -2.97. The number of halogens is 1. The van der Waals surface area contributed by atoms with E-state index in [0.717, 1.165) is 6.26 Å². The van der Waals surface area contributed by atoms with Crippen molar-refractivity contribution in [3.63, 3.8) is 0 Å². The minimum absolute atomic E-state index is 0.0345. The van der Waals surface area contributed by atoms with Crippen LogP contribution in [0.2, 0.25) is 0 Å². The number of nitrogens with one attached hydrogen (secondary N) is 1. The molecule has 0 bridgehead atoms. The number of carbonyl (C=O) groups excluding carboxylic acids is 1. The highest BCUT2D eigenvalue weighted by Gasteiger charge is 2.34. The molecule has 1 heterocycles. The topological polar surface area (TPSA) is 140 Å². The molecule has 30 heavy (non-hydrogen) atoms. The molecule has 0 radical (unpaired) electrons. The number of amides is 1. The normalized spacial score (nSPS) is 21.7. The van der Waals surface area contributed by atoms with Crippen LogP contribution in [0.4, 0.5) is 15.9 Å². The molecule has 1 aliphatic rings. The van der Waals surface area contributed by atoms with E-state index < -0.39 is 27.8 Å². The van der Waals surface area contributed by atoms with Gasteiger partial charge in [-0.25, -0.2) is 4.39 Å². The van der Waals surface area contributed by atoms with Gasteiger partial charge in [0.25, 0.3) is 16.0 Å². The van der Waals surface area contributed by atoms with Crippen LogP contribution in [-0.4, -0.2) is 37.0 Å². The average molecular weight is 435 g/mol. The summed E-state index contributed by atoms with van der Waals surface area (Å²) in [6, 6.07) is 7.50. The van der Waals surface area contributed by atoms with Crippen molar-refractivity contribution in [1.29, 1.82) is 5.26 Å². The van der Waals surface area contributed by atoms with E-state index in [1.165, 1.54) is 30.5 Å². The lowest BCUT2D eigenvalue weighted by Crippen LogP contribution is -2.29. The van der Waals surface area contributed by atoms with E-state index in [-0.39, 0.29) is 29.9 Å². The summed E-state index contributed by atoms with van der Waals surface area (Å²) in [4.78, 5) is 11.9. The minimum Gasteiger partial charge on any atom is -0.365 e. The lowest BCUT2D eigenvalue weighted by Gasteiger charge is -2.32. The van der Waals surface area contributed by atoms with Gasteiger partial charge in [-0.1, -0.05) is 0 Å². The zero-order valence-corrected chi connectivity index (χ0v) is 17.1. The fourth-order valence-electron chi connectivity index (χ4n) is 3.57. The van der Waals surface area contributed by atoms with Crippen molar-refractivity contribution in [3.8, 4) is 6.07 Å². The summed E-state index contributed by atoms with van der Waals surface area (Å²) in [6.07, 6.45) is 4.14. The Bertz CT molecular complexity index is 1060. The molecule has 1 fully saturated rings. The van der Waals surface area contributed by atoms with Gasteiger partial charge >= 0.3 is 0 Å². The second kappa shape index (κ2) is 8.81. The first kappa shape index (κ1) is 21.7. The highest BCUT2D eigenvalue weighted by Crippen LogP contribution is 2.38. The zero-order valence-electron chi connectivity index (χ0n) is 16.3. The summed E-state index contributed by atoms with van der Waals surface area (Å²) in [5.41, 5.74) is 6.16. The van der Waals surface area contributed by atoms with Crippen LogP contribution in [0.5, 0.6) is 0 Å². The molecule has 3 N–H and O–H groups in total. The first-order valence-corrected chi connectivity index (χ1v) is 11.1. The molecule has 1 aliphatic carbocycles. The van der Waals surface area contributed by atoms with Gasteiger partial charge in [0.05, 0.1) is 30.9 Å². The van der Waals surface area contributed by atoms with Crippen molar-refractivity contribution in [3.05, 3.63) is 41.8 Å². The van der Waals surface area contributed by atoms with Crippen molar-refractivity contribution < 1.29 is 21.8 Å². The Balaban J connectivity index is 1.78. The van der Waals surface area contributed by atoms with Crippen LogP contribution in [0.1, 0.15) is 35.7 Å². The van der Waals surface area contributed by atoms with Crippen LogP contribution in [0.25, 0.3) is 0 Å². The number of benzene rings is 1. The third-order valence-electron chi connectivity index (χ3n) is 5.05. The maximum absolute atomic E-state index is 13.1. The Labute approximate surface area is 173 Å². The van der Waals surface area contributed by atoms with Crippen LogP contribution in [0.3, 0.4) is 0 Å². The molecule has 3 rings (SSSR count). The minimum atomic E-state index is -3.54. The molecular formula is C19H22FN5O4S. The number of nitrogens with two attached hydrogens (primary N) is 1. The van der Waals surface area contributed by atoms with Crippen LogP contribution in [0, 0.1) is 29.0 Å². The van der Waals surface area contributed by atoms with Crippen molar-refractivity contribution in [2.75, 3.05) is 18.2 Å². The number of nitrogens with zero attached hydrogens (tertiary/aromatic N) is 3. The van der Waals surface area contributed by atoms with Crippen LogP contribution >= 0.6 is 0 Å². The number of hydrogen-bond acceptors (Lipinski definition) is 7. The third kappa shape index (κ3) is 5.34. The van der Waals surface area contributed by atoms with E-state index in [1.54, 1.807) is 4.68 Å². The van der Waals surface area contributed by atoms with E-state index in [9.17, 15) is 22.9 Å². The number of primary amides is 1. The zero-order chi connectivity index (χ0) is 21.9. The number of nitriles is 1. The van der Waals surface area contributed by atoms with Gasteiger partial charge in [-0.15, -0.1) is 0 Å². The second-order valence-corrected chi connectivity index (χ2v) is 8.98. The summed E-state index contributed by atoms with van der Waals surface area (Å²) >= 11 is 0. The van der Waals surface area contributed by atoms with E-state index in [2.05, 4.69) is 16.5 Å². The maximum Gasteiger partial charge on any atom is 0.264 e. The number of aromatic nitrogens is 2. The van der Waals surface area contributed by atoms with Crippen molar-refractivity contribution in [2.24, 2.45) is 17.6 Å². The molecular weight excluding hydrogens is 413 g/mol. The molecule has 0 saturated heterocycles. The highest BCUT2D eigenvalue weighted by atomic mass is 32.2. The van der Waals surface area contributed by atoms with Gasteiger partial charge in [-0.3, -0.25) is 13.7 Å². The first-order chi connectivity index (χ1) is 14.2. The van der Waals surface area contributed by atoms with Gasteiger partial charge in [0, 0.05) is 11.9 Å². The standard InChI is InChI=1S/C19H22FN5O4S/c1-30(27,28)29-11-12-2-7-17(13(8-12)9-21)25-10-16(18(22)26)19(24-25)23-15-5-3-14(20)4-6-15/h3-6,10,12-13,17H,2,7-8,11H2,1H3,(H2,22,26)(H,23,24)/t12?,13?,17-/m1/s1. The van der Waals surface area contributed by atoms with Crippen molar-refractivity contribution >= 4 is 27.5 Å². The highest BCUT2D eigenvalue weighted by molar-refractivity contribution is 7.85. The van der Waals surface area contributed by atoms with Gasteiger partial charge in [-0.2, -0.15) is 18.8 Å². The molecule has 0 spiro atoms. The molecule has 1 aromatic heterocycles. The summed E-state index contributed by atoms with van der Waals surface area (Å²) in [7, 11) is -3.54. The molecule has 1 amide bonds. The van der Waals surface area contributed by atoms with E-state index in [1.807, 2.05) is 0 Å². The predicted molar refractivity (Wildman–Crippen MR) is 107 cm³/mol. The Kier molecular flexibility index (Phi) is 6.38. The second-order valence-electron chi connectivity index (χ2n) is 7.34. The molecule has 160 valence electrons. The summed E-state index contributed by atoms with van der Waals surface area (Å²) < 4.78 is 42.0. The van der Waals surface area contributed by atoms with Crippen molar-refractivity contribution in [2.45, 2.75) is 25.3 Å². The Morgan fingerprint density at radius 3 is 2.70 bits per heavy atom. The molecule has 11 heteroatoms. The van der Waals surface area contributed by atoms with Gasteiger partial charge in [0.1, 0.15) is 11.4 Å². The van der Waals surface area contributed by atoms with Gasteiger partial charge in [0.2, 0.25) is 0 Å². The molecule has 2 aromatic rings. The molecule has 1 saturated carbocycles. The molecule has 0 aliphatic heterocycles.